The topological polar surface area (TPSA) is 111 Å². The number of pyridine rings is 1. The molecule has 2 aliphatic carbocycles. The number of hydrogen-bond donors (Lipinski definition) is 1. The van der Waals surface area contributed by atoms with Crippen LogP contribution < -0.4 is 4.72 Å². The van der Waals surface area contributed by atoms with Gasteiger partial charge in [0.15, 0.2) is 0 Å². The molecule has 2 aliphatic rings. The zero-order chi connectivity index (χ0) is 27.6. The summed E-state index contributed by atoms with van der Waals surface area (Å²) < 4.78 is 66.5. The third-order valence-corrected chi connectivity index (χ3v) is 8.91. The summed E-state index contributed by atoms with van der Waals surface area (Å²) in [6, 6.07) is 9.47. The fraction of sp³-hybridized carbons (Fsp3) is 0.296. The van der Waals surface area contributed by atoms with Crippen molar-refractivity contribution in [1.82, 2.24) is 25.1 Å². The van der Waals surface area contributed by atoms with E-state index in [1.165, 1.54) is 30.6 Å². The van der Waals surface area contributed by atoms with Crippen molar-refractivity contribution in [2.24, 2.45) is 5.41 Å². The van der Waals surface area contributed by atoms with Gasteiger partial charge < -0.3 is 0 Å². The largest absolute Gasteiger partial charge is 0.264 e. The van der Waals surface area contributed by atoms with Crippen molar-refractivity contribution in [3.05, 3.63) is 83.4 Å². The maximum Gasteiger partial charge on any atom is 0.264 e. The van der Waals surface area contributed by atoms with Gasteiger partial charge in [-0.2, -0.15) is 5.10 Å². The van der Waals surface area contributed by atoms with Crippen LogP contribution in [0, 0.1) is 17.0 Å². The lowest BCUT2D eigenvalue weighted by Gasteiger charge is -2.37. The van der Waals surface area contributed by atoms with E-state index in [1.807, 2.05) is 16.9 Å². The summed E-state index contributed by atoms with van der Waals surface area (Å²) in [4.78, 5) is 12.9. The molecule has 0 amide bonds. The van der Waals surface area contributed by atoms with Crippen LogP contribution in [-0.2, 0) is 15.4 Å². The van der Waals surface area contributed by atoms with Gasteiger partial charge in [0.05, 0.1) is 33.8 Å². The standard InChI is InChI=1S/C27H23F3N6O2S/c1-26(2)17-9-10-27(26,24-16(17)11-21(34-35-24)23-18(29)5-3-6-19(23)30)22-8-4-7-20(33-22)15-12-31-25(32-13-15)36-39(37,38)14-28/h3-8,11-13,17H,9-10,14H2,1-2H3,(H,31,32,36)/t17-,27-/m0/s1. The Kier molecular flexibility index (Phi) is 5.72. The second-order valence-corrected chi connectivity index (χ2v) is 12.0. The Bertz CT molecular complexity index is 1700. The number of alkyl halides is 1. The van der Waals surface area contributed by atoms with Crippen molar-refractivity contribution < 1.29 is 21.6 Å². The first-order chi connectivity index (χ1) is 18.6. The molecular weight excluding hydrogens is 529 g/mol. The van der Waals surface area contributed by atoms with Gasteiger partial charge in [-0.1, -0.05) is 26.0 Å². The molecule has 2 bridgehead atoms. The van der Waals surface area contributed by atoms with Gasteiger partial charge in [0.2, 0.25) is 12.0 Å². The summed E-state index contributed by atoms with van der Waals surface area (Å²) in [5.74, 6) is -1.54. The average molecular weight is 553 g/mol. The van der Waals surface area contributed by atoms with Crippen molar-refractivity contribution in [2.75, 3.05) is 10.7 Å². The fourth-order valence-corrected chi connectivity index (χ4v) is 6.71. The maximum absolute atomic E-state index is 14.5. The van der Waals surface area contributed by atoms with Gasteiger partial charge in [-0.3, -0.25) is 4.98 Å². The summed E-state index contributed by atoms with van der Waals surface area (Å²) in [5.41, 5.74) is 2.61. The molecule has 3 aromatic heterocycles. The monoisotopic (exact) mass is 552 g/mol. The number of halogens is 3. The van der Waals surface area contributed by atoms with E-state index in [9.17, 15) is 21.6 Å². The second-order valence-electron chi connectivity index (χ2n) is 10.4. The number of rotatable bonds is 6. The van der Waals surface area contributed by atoms with Crippen LogP contribution in [0.25, 0.3) is 22.5 Å². The molecule has 0 unspecified atom stereocenters. The van der Waals surface area contributed by atoms with Crippen molar-refractivity contribution >= 4 is 16.0 Å². The molecule has 1 N–H and O–H groups in total. The average Bonchev–Trinajstić information content (AvgIpc) is 3.30. The highest BCUT2D eigenvalue weighted by atomic mass is 32.2. The van der Waals surface area contributed by atoms with Gasteiger partial charge >= 0.3 is 0 Å². The van der Waals surface area contributed by atoms with Gasteiger partial charge in [-0.05, 0) is 60.1 Å². The lowest BCUT2D eigenvalue weighted by Crippen LogP contribution is -2.37. The molecular formula is C27H23F3N6O2S. The number of nitrogens with one attached hydrogen (secondary N) is 1. The molecule has 0 spiro atoms. The Hall–Kier alpha value is -3.93. The fourth-order valence-electron chi connectivity index (χ4n) is 6.27. The summed E-state index contributed by atoms with van der Waals surface area (Å²) in [6.45, 7) is 4.30. The predicted molar refractivity (Wildman–Crippen MR) is 138 cm³/mol. The quantitative estimate of drug-likeness (QED) is 0.352. The highest BCUT2D eigenvalue weighted by Crippen LogP contribution is 2.69. The zero-order valence-corrected chi connectivity index (χ0v) is 21.8. The minimum Gasteiger partial charge on any atom is -0.252 e. The van der Waals surface area contributed by atoms with E-state index in [0.717, 1.165) is 29.8 Å². The molecule has 12 heteroatoms. The third-order valence-electron chi connectivity index (χ3n) is 8.13. The highest BCUT2D eigenvalue weighted by molar-refractivity contribution is 7.92. The van der Waals surface area contributed by atoms with Crippen LogP contribution in [0.5, 0.6) is 0 Å². The molecule has 6 rings (SSSR count). The van der Waals surface area contributed by atoms with Gasteiger partial charge in [0.1, 0.15) is 11.6 Å². The van der Waals surface area contributed by atoms with E-state index < -0.39 is 33.1 Å². The molecule has 3 heterocycles. The molecule has 1 aromatic carbocycles. The molecule has 0 aliphatic heterocycles. The predicted octanol–water partition coefficient (Wildman–Crippen LogP) is 5.15. The Morgan fingerprint density at radius 3 is 2.38 bits per heavy atom. The number of nitrogens with zero attached hydrogens (tertiary/aromatic N) is 5. The lowest BCUT2D eigenvalue weighted by atomic mass is 9.66. The lowest BCUT2D eigenvalue weighted by molar-refractivity contribution is 0.243. The first-order valence-electron chi connectivity index (χ1n) is 12.3. The van der Waals surface area contributed by atoms with Crippen LogP contribution in [0.1, 0.15) is 49.6 Å². The molecule has 4 aromatic rings. The van der Waals surface area contributed by atoms with Crippen LogP contribution in [-0.4, -0.2) is 39.6 Å². The van der Waals surface area contributed by atoms with E-state index in [0.29, 0.717) is 11.3 Å². The Morgan fingerprint density at radius 1 is 1.00 bits per heavy atom. The molecule has 39 heavy (non-hydrogen) atoms. The number of hydrogen-bond acceptors (Lipinski definition) is 7. The molecule has 200 valence electrons. The zero-order valence-electron chi connectivity index (χ0n) is 21.0. The minimum atomic E-state index is -4.15. The molecule has 2 atom stereocenters. The van der Waals surface area contributed by atoms with Gasteiger partial charge in [0.25, 0.3) is 10.0 Å². The highest BCUT2D eigenvalue weighted by Gasteiger charge is 2.65. The van der Waals surface area contributed by atoms with E-state index in [4.69, 9.17) is 4.98 Å². The summed E-state index contributed by atoms with van der Waals surface area (Å²) in [6.07, 6.45) is 4.44. The first-order valence-corrected chi connectivity index (χ1v) is 13.9. The van der Waals surface area contributed by atoms with Crippen molar-refractivity contribution in [3.8, 4) is 22.5 Å². The van der Waals surface area contributed by atoms with Crippen LogP contribution >= 0.6 is 0 Å². The van der Waals surface area contributed by atoms with Gasteiger partial charge in [-0.15, -0.1) is 5.10 Å². The Morgan fingerprint density at radius 2 is 1.69 bits per heavy atom. The number of aromatic nitrogens is 5. The summed E-state index contributed by atoms with van der Waals surface area (Å²) in [5, 5.41) is 8.82. The minimum absolute atomic E-state index is 0.0909. The Labute approximate surface area is 222 Å². The second kappa shape index (κ2) is 8.80. The molecule has 0 radical (unpaired) electrons. The third kappa shape index (κ3) is 3.80. The van der Waals surface area contributed by atoms with Crippen molar-refractivity contribution in [2.45, 2.75) is 38.0 Å². The molecule has 8 nitrogen and oxygen atoms in total. The maximum atomic E-state index is 14.5. The smallest absolute Gasteiger partial charge is 0.252 e. The van der Waals surface area contributed by atoms with Crippen LogP contribution in [0.3, 0.4) is 0 Å². The summed E-state index contributed by atoms with van der Waals surface area (Å²) in [7, 11) is -4.15. The van der Waals surface area contributed by atoms with E-state index in [-0.39, 0.29) is 28.5 Å². The Balaban J connectivity index is 1.41. The number of sulfonamides is 1. The molecule has 1 fully saturated rings. The van der Waals surface area contributed by atoms with E-state index in [1.54, 1.807) is 12.1 Å². The number of anilines is 1. The number of fused-ring (bicyclic) bond motifs is 5. The SMILES string of the molecule is CC1(C)[C@H]2CC[C@]1(c1cccc(-c3cnc(NS(=O)(=O)CF)nc3)n1)c1nnc(-c3c(F)cccc3F)cc12. The molecule has 0 saturated heterocycles. The molecule has 1 saturated carbocycles. The first kappa shape index (κ1) is 25.4. The van der Waals surface area contributed by atoms with E-state index >= 15 is 0 Å². The normalized spacial score (nSPS) is 21.1. The van der Waals surface area contributed by atoms with Crippen molar-refractivity contribution in [1.29, 1.82) is 0 Å². The van der Waals surface area contributed by atoms with Gasteiger partial charge in [-0.25, -0.2) is 36.3 Å². The summed E-state index contributed by atoms with van der Waals surface area (Å²) >= 11 is 0. The van der Waals surface area contributed by atoms with Crippen molar-refractivity contribution in [3.63, 3.8) is 0 Å². The van der Waals surface area contributed by atoms with Crippen LogP contribution in [0.2, 0.25) is 0 Å². The van der Waals surface area contributed by atoms with Crippen LogP contribution in [0.4, 0.5) is 19.1 Å². The van der Waals surface area contributed by atoms with Crippen LogP contribution in [0.15, 0.2) is 54.9 Å². The van der Waals surface area contributed by atoms with Gasteiger partial charge in [0, 0.05) is 18.0 Å². The number of benzene rings is 1. The van der Waals surface area contributed by atoms with E-state index in [2.05, 4.69) is 34.0 Å².